The maximum atomic E-state index is 12.9. The number of ether oxygens (including phenoxy) is 5. The molecule has 3 rings (SSSR count). The van der Waals surface area contributed by atoms with Crippen LogP contribution in [0.1, 0.15) is 27.9 Å². The van der Waals surface area contributed by atoms with E-state index in [0.717, 1.165) is 16.9 Å². The Bertz CT molecular complexity index is 907. The molecule has 0 radical (unpaired) electrons. The van der Waals surface area contributed by atoms with Gasteiger partial charge >= 0.3 is 5.97 Å². The summed E-state index contributed by atoms with van der Waals surface area (Å²) in [6.45, 7) is 2.78. The fourth-order valence-electron chi connectivity index (χ4n) is 3.81. The summed E-state index contributed by atoms with van der Waals surface area (Å²) < 4.78 is 27.7. The number of methoxy groups -OCH3 is 3. The van der Waals surface area contributed by atoms with Crippen LogP contribution in [0.4, 0.5) is 0 Å². The van der Waals surface area contributed by atoms with Gasteiger partial charge in [0.2, 0.25) is 5.75 Å². The molecule has 1 aliphatic heterocycles. The molecule has 0 bridgehead atoms. The van der Waals surface area contributed by atoms with E-state index in [4.69, 9.17) is 23.7 Å². The molecule has 0 fully saturated rings. The normalized spacial score (nSPS) is 17.1. The van der Waals surface area contributed by atoms with E-state index in [0.29, 0.717) is 35.8 Å². The minimum Gasteiger partial charge on any atom is -0.493 e. The number of esters is 1. The Morgan fingerprint density at radius 2 is 1.71 bits per heavy atom. The van der Waals surface area contributed by atoms with Gasteiger partial charge in [-0.05, 0) is 39.2 Å². The van der Waals surface area contributed by atoms with Crippen LogP contribution in [-0.4, -0.2) is 59.5 Å². The van der Waals surface area contributed by atoms with Gasteiger partial charge < -0.3 is 23.7 Å². The number of fused-ring (bicyclic) bond motifs is 1. The number of benzene rings is 2. The molecule has 170 valence electrons. The standard InChI is InChI=1S/C23H29NO6.ClH/c1-15-7-8-18-17(11-15)23(24(2)3,9-10-29-18)14-30-22(25)16-12-19(26-4)21(28-6)20(13-16)27-5;/h7-8,11-13H,9-10,14H2,1-6H3;1H. The van der Waals surface area contributed by atoms with Crippen LogP contribution in [0.2, 0.25) is 0 Å². The highest BCUT2D eigenvalue weighted by Gasteiger charge is 2.41. The number of carbonyl (C=O) groups is 1. The molecule has 0 spiro atoms. The highest BCUT2D eigenvalue weighted by molar-refractivity contribution is 5.91. The summed E-state index contributed by atoms with van der Waals surface area (Å²) in [4.78, 5) is 15.0. The summed E-state index contributed by atoms with van der Waals surface area (Å²) in [7, 11) is 8.52. The van der Waals surface area contributed by atoms with Gasteiger partial charge in [0, 0.05) is 12.0 Å². The van der Waals surface area contributed by atoms with E-state index in [1.54, 1.807) is 12.1 Å². The second kappa shape index (κ2) is 10.1. The highest BCUT2D eigenvalue weighted by Crippen LogP contribution is 2.42. The van der Waals surface area contributed by atoms with E-state index >= 15 is 0 Å². The number of aryl methyl sites for hydroxylation is 1. The Morgan fingerprint density at radius 1 is 1.06 bits per heavy atom. The maximum absolute atomic E-state index is 12.9. The van der Waals surface area contributed by atoms with E-state index in [-0.39, 0.29) is 19.0 Å². The number of hydrogen-bond donors (Lipinski definition) is 0. The van der Waals surface area contributed by atoms with Crippen molar-refractivity contribution in [3.05, 3.63) is 47.0 Å². The highest BCUT2D eigenvalue weighted by atomic mass is 35.5. The molecule has 0 saturated carbocycles. The predicted molar refractivity (Wildman–Crippen MR) is 120 cm³/mol. The second-order valence-electron chi connectivity index (χ2n) is 7.51. The number of halogens is 1. The molecule has 8 heteroatoms. The van der Waals surface area contributed by atoms with Crippen LogP contribution in [-0.2, 0) is 10.3 Å². The maximum Gasteiger partial charge on any atom is 0.338 e. The van der Waals surface area contributed by atoms with Crippen molar-refractivity contribution in [1.82, 2.24) is 4.90 Å². The summed E-state index contributed by atoms with van der Waals surface area (Å²) >= 11 is 0. The lowest BCUT2D eigenvalue weighted by atomic mass is 9.83. The molecule has 0 amide bonds. The van der Waals surface area contributed by atoms with Crippen LogP contribution < -0.4 is 18.9 Å². The van der Waals surface area contributed by atoms with Gasteiger partial charge in [-0.25, -0.2) is 4.79 Å². The zero-order valence-electron chi connectivity index (χ0n) is 18.8. The van der Waals surface area contributed by atoms with Crippen molar-refractivity contribution in [2.24, 2.45) is 0 Å². The predicted octanol–water partition coefficient (Wildman–Crippen LogP) is 3.84. The first-order valence-corrected chi connectivity index (χ1v) is 9.74. The molecule has 0 N–H and O–H groups in total. The quantitative estimate of drug-likeness (QED) is 0.592. The molecule has 1 unspecified atom stereocenters. The smallest absolute Gasteiger partial charge is 0.338 e. The van der Waals surface area contributed by atoms with Gasteiger partial charge in [0.1, 0.15) is 12.4 Å². The number of hydrogen-bond acceptors (Lipinski definition) is 7. The molecule has 2 aromatic carbocycles. The van der Waals surface area contributed by atoms with E-state index < -0.39 is 11.5 Å². The number of likely N-dealkylation sites (N-methyl/N-ethyl adjacent to an activating group) is 1. The third kappa shape index (κ3) is 4.67. The van der Waals surface area contributed by atoms with Gasteiger partial charge in [0.05, 0.1) is 39.0 Å². The molecule has 0 saturated heterocycles. The van der Waals surface area contributed by atoms with Crippen LogP contribution in [0.15, 0.2) is 30.3 Å². The van der Waals surface area contributed by atoms with E-state index in [1.165, 1.54) is 21.3 Å². The first-order chi connectivity index (χ1) is 14.4. The van der Waals surface area contributed by atoms with Crippen LogP contribution in [0.5, 0.6) is 23.0 Å². The lowest BCUT2D eigenvalue weighted by molar-refractivity contribution is -0.00280. The van der Waals surface area contributed by atoms with Crippen LogP contribution in [0.25, 0.3) is 0 Å². The summed E-state index contributed by atoms with van der Waals surface area (Å²) in [5, 5.41) is 0. The molecule has 7 nitrogen and oxygen atoms in total. The van der Waals surface area contributed by atoms with Crippen LogP contribution >= 0.6 is 12.4 Å². The second-order valence-corrected chi connectivity index (χ2v) is 7.51. The summed E-state index contributed by atoms with van der Waals surface area (Å²) in [6.07, 6.45) is 0.707. The van der Waals surface area contributed by atoms with E-state index in [2.05, 4.69) is 11.0 Å². The van der Waals surface area contributed by atoms with E-state index in [1.807, 2.05) is 33.2 Å². The van der Waals surface area contributed by atoms with Crippen molar-refractivity contribution in [3.63, 3.8) is 0 Å². The number of rotatable bonds is 7. The average Bonchev–Trinajstić information content (AvgIpc) is 2.76. The molecule has 0 aromatic heterocycles. The van der Waals surface area contributed by atoms with Gasteiger partial charge in [-0.2, -0.15) is 0 Å². The Labute approximate surface area is 189 Å². The van der Waals surface area contributed by atoms with Crippen LogP contribution in [0.3, 0.4) is 0 Å². The third-order valence-electron chi connectivity index (χ3n) is 5.61. The van der Waals surface area contributed by atoms with E-state index in [9.17, 15) is 4.79 Å². The van der Waals surface area contributed by atoms with Crippen molar-refractivity contribution in [2.75, 3.05) is 48.6 Å². The molecule has 1 atom stereocenters. The summed E-state index contributed by atoms with van der Waals surface area (Å²) in [5.41, 5.74) is 2.00. The zero-order chi connectivity index (χ0) is 21.9. The monoisotopic (exact) mass is 451 g/mol. The molecule has 31 heavy (non-hydrogen) atoms. The lowest BCUT2D eigenvalue weighted by Crippen LogP contribution is -2.49. The van der Waals surface area contributed by atoms with Crippen molar-refractivity contribution >= 4 is 18.4 Å². The molecular formula is C23H30ClNO6. The fourth-order valence-corrected chi connectivity index (χ4v) is 3.81. The Hall–Kier alpha value is -2.64. The Kier molecular flexibility index (Phi) is 8.03. The van der Waals surface area contributed by atoms with Gasteiger partial charge in [0.15, 0.2) is 11.5 Å². The minimum atomic E-state index is -0.476. The summed E-state index contributed by atoms with van der Waals surface area (Å²) in [5.74, 6) is 1.59. The molecular weight excluding hydrogens is 422 g/mol. The summed E-state index contributed by atoms with van der Waals surface area (Å²) in [6, 6.07) is 9.28. The number of nitrogens with zero attached hydrogens (tertiary/aromatic N) is 1. The molecule has 1 heterocycles. The van der Waals surface area contributed by atoms with Crippen molar-refractivity contribution in [3.8, 4) is 23.0 Å². The molecule has 0 aliphatic carbocycles. The lowest BCUT2D eigenvalue weighted by Gasteiger charge is -2.43. The third-order valence-corrected chi connectivity index (χ3v) is 5.61. The largest absolute Gasteiger partial charge is 0.493 e. The van der Waals surface area contributed by atoms with Gasteiger partial charge in [-0.1, -0.05) is 17.7 Å². The van der Waals surface area contributed by atoms with Gasteiger partial charge in [0.25, 0.3) is 0 Å². The van der Waals surface area contributed by atoms with Crippen LogP contribution in [0, 0.1) is 6.92 Å². The molecule has 2 aromatic rings. The first kappa shape index (κ1) is 24.6. The fraction of sp³-hybridized carbons (Fsp3) is 0.435. The van der Waals surface area contributed by atoms with Crippen molar-refractivity contribution in [2.45, 2.75) is 18.9 Å². The van der Waals surface area contributed by atoms with Crippen molar-refractivity contribution in [1.29, 1.82) is 0 Å². The zero-order valence-corrected chi connectivity index (χ0v) is 19.6. The topological polar surface area (TPSA) is 66.5 Å². The Morgan fingerprint density at radius 3 is 2.26 bits per heavy atom. The van der Waals surface area contributed by atoms with Gasteiger partial charge in [-0.3, -0.25) is 4.90 Å². The first-order valence-electron chi connectivity index (χ1n) is 9.74. The Balaban J connectivity index is 0.00000341. The van der Waals surface area contributed by atoms with Crippen molar-refractivity contribution < 1.29 is 28.5 Å². The van der Waals surface area contributed by atoms with Gasteiger partial charge in [-0.15, -0.1) is 12.4 Å². The molecule has 1 aliphatic rings. The number of carbonyl (C=O) groups excluding carboxylic acids is 1. The minimum absolute atomic E-state index is 0. The average molecular weight is 452 g/mol. The SMILES string of the molecule is COc1cc(C(=O)OCC2(N(C)C)CCOc3ccc(C)cc32)cc(OC)c1OC.Cl.